The van der Waals surface area contributed by atoms with Crippen LogP contribution in [0.4, 0.5) is 0 Å². The fourth-order valence-corrected chi connectivity index (χ4v) is 2.35. The summed E-state index contributed by atoms with van der Waals surface area (Å²) in [6.07, 6.45) is 4.87. The van der Waals surface area contributed by atoms with Crippen LogP contribution in [0, 0.1) is 0 Å². The number of hydrogen-bond donors (Lipinski definition) is 1. The normalized spacial score (nSPS) is 17.3. The molecule has 1 aliphatic carbocycles. The second-order valence-electron chi connectivity index (χ2n) is 5.51. The van der Waals surface area contributed by atoms with E-state index in [9.17, 15) is 13.2 Å². The second-order valence-corrected chi connectivity index (χ2v) is 8.07. The number of nitrogens with zero attached hydrogens (tertiary/aromatic N) is 1. The largest absolute Gasteiger partial charge is 0.338 e. The van der Waals surface area contributed by atoms with Crippen LogP contribution in [0.5, 0.6) is 0 Å². The van der Waals surface area contributed by atoms with Crippen molar-refractivity contribution >= 4 is 15.7 Å². The summed E-state index contributed by atoms with van der Waals surface area (Å²) in [5.41, 5.74) is 5.48. The number of rotatable bonds is 6. The molecule has 0 radical (unpaired) electrons. The van der Waals surface area contributed by atoms with E-state index in [1.54, 1.807) is 4.90 Å². The van der Waals surface area contributed by atoms with Crippen LogP contribution in [0.25, 0.3) is 0 Å². The summed E-state index contributed by atoms with van der Waals surface area (Å²) in [7, 11) is -3.41. The molecule has 18 heavy (non-hydrogen) atoms. The highest BCUT2D eigenvalue weighted by molar-refractivity contribution is 7.92. The first-order valence-electron chi connectivity index (χ1n) is 6.42. The predicted molar refractivity (Wildman–Crippen MR) is 71.9 cm³/mol. The Morgan fingerprint density at radius 1 is 1.39 bits per heavy atom. The summed E-state index contributed by atoms with van der Waals surface area (Å²) >= 11 is 0. The van der Waals surface area contributed by atoms with Crippen LogP contribution < -0.4 is 5.73 Å². The van der Waals surface area contributed by atoms with Crippen LogP contribution in [0.2, 0.25) is 0 Å². The van der Waals surface area contributed by atoms with Crippen LogP contribution >= 0.6 is 0 Å². The van der Waals surface area contributed by atoms with Gasteiger partial charge in [-0.05, 0) is 46.1 Å². The number of carbonyl (C=O) groups excluding carboxylic acids is 1. The molecule has 1 fully saturated rings. The van der Waals surface area contributed by atoms with E-state index >= 15 is 0 Å². The molecule has 0 aromatic heterocycles. The Kier molecular flexibility index (Phi) is 4.78. The average molecular weight is 276 g/mol. The molecule has 0 spiro atoms. The zero-order valence-electron chi connectivity index (χ0n) is 11.5. The summed E-state index contributed by atoms with van der Waals surface area (Å²) in [5, 5.41) is 0. The van der Waals surface area contributed by atoms with Gasteiger partial charge in [0.25, 0.3) is 0 Å². The summed E-state index contributed by atoms with van der Waals surface area (Å²) in [5.74, 6) is -0.289. The predicted octanol–water partition coefficient (Wildman–Crippen LogP) is 0.540. The average Bonchev–Trinajstić information content (AvgIpc) is 2.18. The Hall–Kier alpha value is -0.620. The SMILES string of the molecule is CC(C)(C(=O)N(CCCN)C1CCC1)S(C)(=O)=O. The molecule has 0 aromatic rings. The van der Waals surface area contributed by atoms with E-state index in [0.717, 1.165) is 25.5 Å². The Morgan fingerprint density at radius 3 is 2.28 bits per heavy atom. The van der Waals surface area contributed by atoms with Crippen molar-refractivity contribution in [2.45, 2.75) is 50.3 Å². The van der Waals surface area contributed by atoms with Gasteiger partial charge in [-0.3, -0.25) is 4.79 Å². The lowest BCUT2D eigenvalue weighted by atomic mass is 9.90. The summed E-state index contributed by atoms with van der Waals surface area (Å²) in [4.78, 5) is 14.2. The summed E-state index contributed by atoms with van der Waals surface area (Å²) in [6.45, 7) is 4.03. The van der Waals surface area contributed by atoms with E-state index in [0.29, 0.717) is 19.5 Å². The molecule has 0 bridgehead atoms. The smallest absolute Gasteiger partial charge is 0.243 e. The van der Waals surface area contributed by atoms with E-state index in [-0.39, 0.29) is 11.9 Å². The molecule has 2 N–H and O–H groups in total. The second kappa shape index (κ2) is 5.57. The van der Waals surface area contributed by atoms with Gasteiger partial charge < -0.3 is 10.6 Å². The fraction of sp³-hybridized carbons (Fsp3) is 0.917. The highest BCUT2D eigenvalue weighted by atomic mass is 32.2. The molecule has 0 atom stereocenters. The molecule has 1 saturated carbocycles. The fourth-order valence-electron chi connectivity index (χ4n) is 1.91. The van der Waals surface area contributed by atoms with Gasteiger partial charge in [-0.25, -0.2) is 8.42 Å². The Morgan fingerprint density at radius 2 is 1.94 bits per heavy atom. The Balaban J connectivity index is 2.87. The van der Waals surface area contributed by atoms with Gasteiger partial charge >= 0.3 is 0 Å². The maximum Gasteiger partial charge on any atom is 0.243 e. The van der Waals surface area contributed by atoms with E-state index in [1.807, 2.05) is 0 Å². The van der Waals surface area contributed by atoms with Crippen LogP contribution in [0.15, 0.2) is 0 Å². The van der Waals surface area contributed by atoms with Gasteiger partial charge in [0, 0.05) is 18.8 Å². The summed E-state index contributed by atoms with van der Waals surface area (Å²) in [6, 6.07) is 0.199. The number of amides is 1. The molecule has 1 amide bonds. The van der Waals surface area contributed by atoms with Crippen molar-refractivity contribution in [2.75, 3.05) is 19.3 Å². The minimum atomic E-state index is -3.41. The lowest BCUT2D eigenvalue weighted by Gasteiger charge is -2.41. The first kappa shape index (κ1) is 15.4. The van der Waals surface area contributed by atoms with Crippen molar-refractivity contribution in [1.82, 2.24) is 4.90 Å². The third-order valence-corrected chi connectivity index (χ3v) is 5.85. The molecule has 6 heteroatoms. The molecule has 0 aliphatic heterocycles. The van der Waals surface area contributed by atoms with E-state index in [1.165, 1.54) is 13.8 Å². The molecule has 1 rings (SSSR count). The van der Waals surface area contributed by atoms with Crippen LogP contribution in [-0.4, -0.2) is 49.4 Å². The molecule has 1 aliphatic rings. The lowest BCUT2D eigenvalue weighted by molar-refractivity contribution is -0.137. The molecule has 0 aromatic carbocycles. The number of carbonyl (C=O) groups is 1. The molecular formula is C12H24N2O3S. The van der Waals surface area contributed by atoms with Crippen molar-refractivity contribution in [2.24, 2.45) is 5.73 Å². The minimum absolute atomic E-state index is 0.199. The molecule has 0 heterocycles. The highest BCUT2D eigenvalue weighted by Gasteiger charge is 2.43. The zero-order chi connectivity index (χ0) is 14.0. The monoisotopic (exact) mass is 276 g/mol. The topological polar surface area (TPSA) is 80.5 Å². The summed E-state index contributed by atoms with van der Waals surface area (Å²) < 4.78 is 22.1. The van der Waals surface area contributed by atoms with Gasteiger partial charge in [0.15, 0.2) is 9.84 Å². The highest BCUT2D eigenvalue weighted by Crippen LogP contribution is 2.29. The lowest BCUT2D eigenvalue weighted by Crippen LogP contribution is -2.55. The molecule has 5 nitrogen and oxygen atoms in total. The maximum absolute atomic E-state index is 12.5. The van der Waals surface area contributed by atoms with Crippen molar-refractivity contribution in [1.29, 1.82) is 0 Å². The molecule has 0 saturated heterocycles. The van der Waals surface area contributed by atoms with Gasteiger partial charge in [-0.1, -0.05) is 0 Å². The van der Waals surface area contributed by atoms with Gasteiger partial charge in [0.2, 0.25) is 5.91 Å². The van der Waals surface area contributed by atoms with Gasteiger partial charge in [0.1, 0.15) is 4.75 Å². The maximum atomic E-state index is 12.5. The zero-order valence-corrected chi connectivity index (χ0v) is 12.3. The van der Waals surface area contributed by atoms with Gasteiger partial charge in [-0.2, -0.15) is 0 Å². The third-order valence-electron chi connectivity index (χ3n) is 3.82. The first-order chi connectivity index (χ1) is 8.21. The van der Waals surface area contributed by atoms with Crippen molar-refractivity contribution in [3.63, 3.8) is 0 Å². The van der Waals surface area contributed by atoms with E-state index in [4.69, 9.17) is 5.73 Å². The van der Waals surface area contributed by atoms with Gasteiger partial charge in [-0.15, -0.1) is 0 Å². The minimum Gasteiger partial charge on any atom is -0.338 e. The number of hydrogen-bond acceptors (Lipinski definition) is 4. The Labute approximate surface area is 110 Å². The van der Waals surface area contributed by atoms with Crippen molar-refractivity contribution in [3.05, 3.63) is 0 Å². The third kappa shape index (κ3) is 3.03. The molecular weight excluding hydrogens is 252 g/mol. The van der Waals surface area contributed by atoms with Crippen LogP contribution in [-0.2, 0) is 14.6 Å². The van der Waals surface area contributed by atoms with Crippen LogP contribution in [0.3, 0.4) is 0 Å². The molecule has 106 valence electrons. The number of nitrogens with two attached hydrogens (primary N) is 1. The van der Waals surface area contributed by atoms with E-state index < -0.39 is 14.6 Å². The first-order valence-corrected chi connectivity index (χ1v) is 8.31. The quantitative estimate of drug-likeness (QED) is 0.768. The Bertz CT molecular complexity index is 400. The van der Waals surface area contributed by atoms with Crippen molar-refractivity contribution < 1.29 is 13.2 Å². The van der Waals surface area contributed by atoms with Crippen molar-refractivity contribution in [3.8, 4) is 0 Å². The number of sulfone groups is 1. The van der Waals surface area contributed by atoms with E-state index in [2.05, 4.69) is 0 Å². The molecule has 0 unspecified atom stereocenters. The van der Waals surface area contributed by atoms with Crippen LogP contribution in [0.1, 0.15) is 39.5 Å². The standard InChI is InChI=1S/C12H24N2O3S/c1-12(2,18(3,16)17)11(15)14(9-5-8-13)10-6-4-7-10/h10H,4-9,13H2,1-3H3. The van der Waals surface area contributed by atoms with Gasteiger partial charge in [0.05, 0.1) is 0 Å².